The summed E-state index contributed by atoms with van der Waals surface area (Å²) in [5.41, 5.74) is 0.234. The first kappa shape index (κ1) is 14.4. The molecule has 0 bridgehead atoms. The fourth-order valence-corrected chi connectivity index (χ4v) is 2.99. The molecular weight excluding hydrogens is 300 g/mol. The molecule has 0 spiro atoms. The molecule has 4 aromatic rings. The minimum atomic E-state index is -0.409. The first-order valence-electron chi connectivity index (χ1n) is 7.75. The van der Waals surface area contributed by atoms with Crippen LogP contribution >= 0.6 is 0 Å². The summed E-state index contributed by atoms with van der Waals surface area (Å²) in [6.45, 7) is 0. The highest BCUT2D eigenvalue weighted by atomic mass is 16.4. The van der Waals surface area contributed by atoms with Gasteiger partial charge >= 0.3 is 5.63 Å². The Balaban J connectivity index is 1.75. The van der Waals surface area contributed by atoms with Gasteiger partial charge in [-0.15, -0.1) is 0 Å². The molecule has 0 fully saturated rings. The van der Waals surface area contributed by atoms with Crippen molar-refractivity contribution in [2.45, 2.75) is 6.42 Å². The van der Waals surface area contributed by atoms with E-state index < -0.39 is 5.63 Å². The third-order valence-corrected chi connectivity index (χ3v) is 4.15. The Kier molecular flexibility index (Phi) is 3.47. The van der Waals surface area contributed by atoms with Crippen molar-refractivity contribution < 1.29 is 9.21 Å². The summed E-state index contributed by atoms with van der Waals surface area (Å²) in [6, 6.07) is 22.4. The van der Waals surface area contributed by atoms with Gasteiger partial charge in [0.25, 0.3) is 0 Å². The molecule has 0 saturated carbocycles. The van der Waals surface area contributed by atoms with Crippen molar-refractivity contribution >= 4 is 27.3 Å². The minimum absolute atomic E-state index is 0.0636. The van der Waals surface area contributed by atoms with Crippen molar-refractivity contribution in [2.24, 2.45) is 0 Å². The monoisotopic (exact) mass is 314 g/mol. The minimum Gasteiger partial charge on any atom is -0.427 e. The largest absolute Gasteiger partial charge is 0.427 e. The molecule has 0 N–H and O–H groups in total. The summed E-state index contributed by atoms with van der Waals surface area (Å²) in [4.78, 5) is 24.8. The maximum absolute atomic E-state index is 12.7. The Morgan fingerprint density at radius 1 is 0.792 bits per heavy atom. The Bertz CT molecular complexity index is 1120. The van der Waals surface area contributed by atoms with Crippen LogP contribution in [0.4, 0.5) is 0 Å². The molecule has 0 aliphatic carbocycles. The summed E-state index contributed by atoms with van der Waals surface area (Å²) < 4.78 is 5.32. The van der Waals surface area contributed by atoms with Crippen LogP contribution in [0.2, 0.25) is 0 Å². The molecular formula is C21H14O3. The van der Waals surface area contributed by atoms with Gasteiger partial charge in [-0.1, -0.05) is 60.7 Å². The number of benzene rings is 3. The van der Waals surface area contributed by atoms with E-state index in [1.165, 1.54) is 0 Å². The fourth-order valence-electron chi connectivity index (χ4n) is 2.99. The average Bonchev–Trinajstić information content (AvgIpc) is 2.61. The number of hydrogen-bond donors (Lipinski definition) is 0. The first-order valence-corrected chi connectivity index (χ1v) is 7.75. The van der Waals surface area contributed by atoms with E-state index in [4.69, 9.17) is 4.42 Å². The molecule has 3 nitrogen and oxygen atoms in total. The summed E-state index contributed by atoms with van der Waals surface area (Å²) in [7, 11) is 0. The van der Waals surface area contributed by atoms with Gasteiger partial charge in [-0.3, -0.25) is 4.79 Å². The van der Waals surface area contributed by atoms with Gasteiger partial charge in [0.1, 0.15) is 5.76 Å². The molecule has 116 valence electrons. The van der Waals surface area contributed by atoms with E-state index in [0.29, 0.717) is 16.7 Å². The summed E-state index contributed by atoms with van der Waals surface area (Å²) in [6.07, 6.45) is 0.0636. The highest BCUT2D eigenvalue weighted by molar-refractivity contribution is 6.08. The molecule has 0 saturated heterocycles. The Morgan fingerprint density at radius 3 is 2.29 bits per heavy atom. The van der Waals surface area contributed by atoms with Crippen molar-refractivity contribution in [2.75, 3.05) is 0 Å². The van der Waals surface area contributed by atoms with Crippen molar-refractivity contribution in [1.82, 2.24) is 0 Å². The predicted molar refractivity (Wildman–Crippen MR) is 94.5 cm³/mol. The van der Waals surface area contributed by atoms with Gasteiger partial charge in [0.05, 0.1) is 11.8 Å². The number of hydrogen-bond acceptors (Lipinski definition) is 3. The van der Waals surface area contributed by atoms with Crippen LogP contribution in [0.5, 0.6) is 0 Å². The third kappa shape index (κ3) is 2.50. The SMILES string of the molecule is O=C(Cc1cc2ccccc2c(=O)o1)c1cccc2ccccc12. The molecule has 1 heterocycles. The van der Waals surface area contributed by atoms with Crippen molar-refractivity contribution in [3.05, 3.63) is 94.5 Å². The normalized spacial score (nSPS) is 11.0. The van der Waals surface area contributed by atoms with Crippen molar-refractivity contribution in [3.8, 4) is 0 Å². The number of carbonyl (C=O) groups excluding carboxylic acids is 1. The van der Waals surface area contributed by atoms with E-state index in [-0.39, 0.29) is 12.2 Å². The molecule has 0 amide bonds. The van der Waals surface area contributed by atoms with Crippen molar-refractivity contribution in [1.29, 1.82) is 0 Å². The number of fused-ring (bicyclic) bond motifs is 2. The second-order valence-electron chi connectivity index (χ2n) is 5.71. The third-order valence-electron chi connectivity index (χ3n) is 4.15. The van der Waals surface area contributed by atoms with E-state index in [1.54, 1.807) is 18.2 Å². The average molecular weight is 314 g/mol. The first-order chi connectivity index (χ1) is 11.7. The zero-order valence-electron chi connectivity index (χ0n) is 12.9. The highest BCUT2D eigenvalue weighted by Gasteiger charge is 2.13. The molecule has 0 aliphatic rings. The van der Waals surface area contributed by atoms with Crippen LogP contribution in [0.1, 0.15) is 16.1 Å². The maximum Gasteiger partial charge on any atom is 0.343 e. The Hall–Kier alpha value is -3.20. The lowest BCUT2D eigenvalue weighted by atomic mass is 9.99. The predicted octanol–water partition coefficient (Wildman–Crippen LogP) is 4.37. The Morgan fingerprint density at radius 2 is 1.46 bits per heavy atom. The fraction of sp³-hybridized carbons (Fsp3) is 0.0476. The lowest BCUT2D eigenvalue weighted by Gasteiger charge is -2.06. The summed E-state index contributed by atoms with van der Waals surface area (Å²) in [5.74, 6) is 0.321. The molecule has 3 aromatic carbocycles. The molecule has 24 heavy (non-hydrogen) atoms. The van der Waals surface area contributed by atoms with Crippen LogP contribution in [0.15, 0.2) is 82.0 Å². The van der Waals surface area contributed by atoms with Gasteiger partial charge in [0.2, 0.25) is 0 Å². The molecule has 0 atom stereocenters. The second-order valence-corrected chi connectivity index (χ2v) is 5.71. The van der Waals surface area contributed by atoms with Crippen LogP contribution in [0.25, 0.3) is 21.5 Å². The van der Waals surface area contributed by atoms with Gasteiger partial charge in [-0.05, 0) is 28.3 Å². The topological polar surface area (TPSA) is 47.3 Å². The molecule has 3 heteroatoms. The number of ketones is 1. The smallest absolute Gasteiger partial charge is 0.343 e. The summed E-state index contributed by atoms with van der Waals surface area (Å²) >= 11 is 0. The van der Waals surface area contributed by atoms with Crippen LogP contribution in [-0.2, 0) is 6.42 Å². The molecule has 0 radical (unpaired) electrons. The van der Waals surface area contributed by atoms with Gasteiger partial charge < -0.3 is 4.42 Å². The van der Waals surface area contributed by atoms with Crippen LogP contribution in [0.3, 0.4) is 0 Å². The second kappa shape index (κ2) is 5.78. The zero-order valence-corrected chi connectivity index (χ0v) is 12.9. The van der Waals surface area contributed by atoms with Crippen LogP contribution < -0.4 is 5.63 Å². The number of carbonyl (C=O) groups is 1. The molecule has 0 unspecified atom stereocenters. The van der Waals surface area contributed by atoms with E-state index in [9.17, 15) is 9.59 Å². The quantitative estimate of drug-likeness (QED) is 0.527. The van der Waals surface area contributed by atoms with Gasteiger partial charge in [0.15, 0.2) is 5.78 Å². The highest BCUT2D eigenvalue weighted by Crippen LogP contribution is 2.21. The lowest BCUT2D eigenvalue weighted by molar-refractivity contribution is 0.0987. The molecule has 1 aromatic heterocycles. The van der Waals surface area contributed by atoms with E-state index in [1.807, 2.05) is 54.6 Å². The lowest BCUT2D eigenvalue weighted by Crippen LogP contribution is -2.08. The molecule has 4 rings (SSSR count). The zero-order chi connectivity index (χ0) is 16.5. The van der Waals surface area contributed by atoms with Crippen LogP contribution in [0, 0.1) is 0 Å². The molecule has 0 aliphatic heterocycles. The van der Waals surface area contributed by atoms with E-state index >= 15 is 0 Å². The summed E-state index contributed by atoms with van der Waals surface area (Å²) in [5, 5.41) is 3.24. The van der Waals surface area contributed by atoms with E-state index in [2.05, 4.69) is 0 Å². The Labute approximate surface area is 138 Å². The maximum atomic E-state index is 12.7. The standard InChI is InChI=1S/C21H14O3/c22-20(19-11-5-8-14-6-1-3-9-17(14)19)13-16-12-15-7-2-4-10-18(15)21(23)24-16/h1-12H,13H2. The van der Waals surface area contributed by atoms with Crippen LogP contribution in [-0.4, -0.2) is 5.78 Å². The van der Waals surface area contributed by atoms with Crippen molar-refractivity contribution in [3.63, 3.8) is 0 Å². The van der Waals surface area contributed by atoms with Gasteiger partial charge in [-0.2, -0.15) is 0 Å². The van der Waals surface area contributed by atoms with Gasteiger partial charge in [-0.25, -0.2) is 4.79 Å². The van der Waals surface area contributed by atoms with Gasteiger partial charge in [0, 0.05) is 5.56 Å². The number of rotatable bonds is 3. The van der Waals surface area contributed by atoms with E-state index in [0.717, 1.165) is 16.2 Å². The number of Topliss-reactive ketones (excluding diaryl/α,β-unsaturated/α-hetero) is 1.